The molecule has 9 nitrogen and oxygen atoms in total. The number of hydrogen-bond donors (Lipinski definition) is 1. The molecule has 178 valence electrons. The summed E-state index contributed by atoms with van der Waals surface area (Å²) in [6.07, 6.45) is 1.64. The molecule has 0 unspecified atom stereocenters. The maximum Gasteiger partial charge on any atom is 0.285 e. The van der Waals surface area contributed by atoms with Crippen LogP contribution in [0.3, 0.4) is 0 Å². The number of non-ortho nitro benzene ring substituents is 1. The normalized spacial score (nSPS) is 14.3. The smallest absolute Gasteiger partial charge is 0.285 e. The van der Waals surface area contributed by atoms with Gasteiger partial charge in [-0.15, -0.1) is 11.3 Å². The van der Waals surface area contributed by atoms with E-state index in [9.17, 15) is 19.7 Å². The van der Waals surface area contributed by atoms with Gasteiger partial charge in [0.2, 0.25) is 0 Å². The summed E-state index contributed by atoms with van der Waals surface area (Å²) in [5.41, 5.74) is 3.82. The van der Waals surface area contributed by atoms with Crippen molar-refractivity contribution in [2.75, 3.05) is 7.11 Å². The predicted octanol–water partition coefficient (Wildman–Crippen LogP) is 4.79. The number of nitrogens with zero attached hydrogens (tertiary/aromatic N) is 2. The minimum absolute atomic E-state index is 0.0164. The summed E-state index contributed by atoms with van der Waals surface area (Å²) in [5.74, 6) is 0.0110. The van der Waals surface area contributed by atoms with E-state index in [0.29, 0.717) is 32.4 Å². The first kappa shape index (κ1) is 24.4. The molecule has 12 heteroatoms. The van der Waals surface area contributed by atoms with Crippen LogP contribution < -0.4 is 14.9 Å². The average molecular weight is 528 g/mol. The van der Waals surface area contributed by atoms with Gasteiger partial charge in [0.05, 0.1) is 21.8 Å². The first-order valence-electron chi connectivity index (χ1n) is 10.0. The number of benzene rings is 2. The molecule has 35 heavy (non-hydrogen) atoms. The van der Waals surface area contributed by atoms with Gasteiger partial charge in [0.1, 0.15) is 6.61 Å². The highest BCUT2D eigenvalue weighted by molar-refractivity contribution is 8.26. The van der Waals surface area contributed by atoms with E-state index in [-0.39, 0.29) is 16.6 Å². The number of hydrogen-bond acceptors (Lipinski definition) is 9. The Kier molecular flexibility index (Phi) is 7.44. The summed E-state index contributed by atoms with van der Waals surface area (Å²) >= 11 is 7.60. The number of methoxy groups -OCH3 is 1. The first-order valence-corrected chi connectivity index (χ1v) is 12.1. The van der Waals surface area contributed by atoms with E-state index in [1.807, 2.05) is 0 Å². The fourth-order valence-electron chi connectivity index (χ4n) is 3.09. The molecule has 1 N–H and O–H groups in total. The number of thioether (sulfide) groups is 1. The number of nitro benzene ring substituents is 1. The van der Waals surface area contributed by atoms with Gasteiger partial charge in [0.15, 0.2) is 15.8 Å². The molecule has 1 aliphatic rings. The van der Waals surface area contributed by atoms with Gasteiger partial charge in [0, 0.05) is 12.1 Å². The van der Waals surface area contributed by atoms with E-state index in [2.05, 4.69) is 5.43 Å². The van der Waals surface area contributed by atoms with Crippen molar-refractivity contribution in [1.29, 1.82) is 0 Å². The van der Waals surface area contributed by atoms with Crippen LogP contribution in [-0.4, -0.2) is 33.2 Å². The number of amides is 2. The van der Waals surface area contributed by atoms with Gasteiger partial charge in [0.25, 0.3) is 17.5 Å². The summed E-state index contributed by atoms with van der Waals surface area (Å²) in [6, 6.07) is 14.7. The summed E-state index contributed by atoms with van der Waals surface area (Å²) < 4.78 is 11.4. The molecule has 0 bridgehead atoms. The Balaban J connectivity index is 1.46. The van der Waals surface area contributed by atoms with E-state index >= 15 is 0 Å². The zero-order chi connectivity index (χ0) is 24.9. The second kappa shape index (κ2) is 10.7. The molecule has 1 aromatic heterocycles. The summed E-state index contributed by atoms with van der Waals surface area (Å²) in [5, 5.41) is 13.8. The SMILES string of the molecule is COc1cc(/C=C2/SC(=S)N(NC(=O)c3cccs3)C2=O)ccc1OCc1cccc([N+](=O)[O-])c1. The van der Waals surface area contributed by atoms with Gasteiger partial charge in [-0.3, -0.25) is 25.1 Å². The van der Waals surface area contributed by atoms with Gasteiger partial charge in [-0.05, 0) is 53.0 Å². The maximum absolute atomic E-state index is 12.8. The van der Waals surface area contributed by atoms with Crippen molar-refractivity contribution in [3.8, 4) is 11.5 Å². The number of nitrogens with one attached hydrogen (secondary N) is 1. The molecule has 0 radical (unpaired) electrons. The Morgan fingerprint density at radius 2 is 2.03 bits per heavy atom. The largest absolute Gasteiger partial charge is 0.493 e. The maximum atomic E-state index is 12.8. The molecule has 2 heterocycles. The molecule has 3 aromatic rings. The fraction of sp³-hybridized carbons (Fsp3) is 0.0870. The van der Waals surface area contributed by atoms with Crippen molar-refractivity contribution >= 4 is 63.2 Å². The van der Waals surface area contributed by atoms with Crippen molar-refractivity contribution in [3.05, 3.63) is 91.0 Å². The van der Waals surface area contributed by atoms with Crippen LogP contribution in [0.25, 0.3) is 6.08 Å². The molecule has 2 amide bonds. The van der Waals surface area contributed by atoms with E-state index < -0.39 is 16.7 Å². The quantitative estimate of drug-likeness (QED) is 0.193. The lowest BCUT2D eigenvalue weighted by Crippen LogP contribution is -2.44. The molecular formula is C23H17N3O6S3. The molecule has 0 saturated carbocycles. The van der Waals surface area contributed by atoms with E-state index in [1.165, 1.54) is 30.6 Å². The fourth-order valence-corrected chi connectivity index (χ4v) is 4.89. The highest BCUT2D eigenvalue weighted by atomic mass is 32.2. The number of thiocarbonyl (C=S) groups is 1. The molecule has 4 rings (SSSR count). The minimum Gasteiger partial charge on any atom is -0.493 e. The number of hydrazine groups is 1. The average Bonchev–Trinajstić information content (AvgIpc) is 3.48. The van der Waals surface area contributed by atoms with Crippen molar-refractivity contribution in [2.45, 2.75) is 6.61 Å². The first-order chi connectivity index (χ1) is 16.9. The van der Waals surface area contributed by atoms with Crippen molar-refractivity contribution in [1.82, 2.24) is 10.4 Å². The lowest BCUT2D eigenvalue weighted by Gasteiger charge is -2.14. The topological polar surface area (TPSA) is 111 Å². The Labute approximate surface area is 213 Å². The minimum atomic E-state index is -0.463. The number of thiophene rings is 1. The highest BCUT2D eigenvalue weighted by Crippen LogP contribution is 2.34. The van der Waals surface area contributed by atoms with Gasteiger partial charge < -0.3 is 9.47 Å². The highest BCUT2D eigenvalue weighted by Gasteiger charge is 2.34. The number of nitro groups is 1. The summed E-state index contributed by atoms with van der Waals surface area (Å²) in [7, 11) is 1.49. The van der Waals surface area contributed by atoms with Crippen LogP contribution >= 0.6 is 35.3 Å². The Morgan fingerprint density at radius 1 is 1.20 bits per heavy atom. The zero-order valence-corrected chi connectivity index (χ0v) is 20.6. The van der Waals surface area contributed by atoms with Crippen LogP contribution in [0.1, 0.15) is 20.8 Å². The zero-order valence-electron chi connectivity index (χ0n) is 18.1. The molecule has 1 saturated heterocycles. The third-order valence-electron chi connectivity index (χ3n) is 4.75. The number of carbonyl (C=O) groups excluding carboxylic acids is 2. The van der Waals surface area contributed by atoms with Gasteiger partial charge in [-0.1, -0.05) is 36.0 Å². The third-order valence-corrected chi connectivity index (χ3v) is 6.92. The summed E-state index contributed by atoms with van der Waals surface area (Å²) in [4.78, 5) is 36.4. The number of rotatable bonds is 8. The van der Waals surface area contributed by atoms with Crippen LogP contribution in [0.15, 0.2) is 64.9 Å². The molecular weight excluding hydrogens is 510 g/mol. The molecule has 2 aromatic carbocycles. The summed E-state index contributed by atoms with van der Waals surface area (Å²) in [6.45, 7) is 0.111. The monoisotopic (exact) mass is 527 g/mol. The second-order valence-corrected chi connectivity index (χ2v) is 9.68. The van der Waals surface area contributed by atoms with Gasteiger partial charge in [-0.2, -0.15) is 5.01 Å². The molecule has 0 spiro atoms. The van der Waals surface area contributed by atoms with Crippen LogP contribution in [0.4, 0.5) is 5.69 Å². The lowest BCUT2D eigenvalue weighted by molar-refractivity contribution is -0.384. The number of carbonyl (C=O) groups is 2. The van der Waals surface area contributed by atoms with Gasteiger partial charge in [-0.25, -0.2) is 0 Å². The Hall–Kier alpha value is -3.74. The second-order valence-electron chi connectivity index (χ2n) is 7.06. The molecule has 0 aliphatic carbocycles. The van der Waals surface area contributed by atoms with Crippen LogP contribution in [-0.2, 0) is 11.4 Å². The molecule has 1 aliphatic heterocycles. The Morgan fingerprint density at radius 3 is 2.74 bits per heavy atom. The molecule has 1 fully saturated rings. The van der Waals surface area contributed by atoms with E-state index in [1.54, 1.807) is 53.9 Å². The van der Waals surface area contributed by atoms with Crippen molar-refractivity contribution in [3.63, 3.8) is 0 Å². The van der Waals surface area contributed by atoms with Crippen LogP contribution in [0.5, 0.6) is 11.5 Å². The number of ether oxygens (including phenoxy) is 2. The van der Waals surface area contributed by atoms with E-state index in [4.69, 9.17) is 21.7 Å². The lowest BCUT2D eigenvalue weighted by atomic mass is 10.1. The predicted molar refractivity (Wildman–Crippen MR) is 137 cm³/mol. The van der Waals surface area contributed by atoms with Crippen LogP contribution in [0, 0.1) is 10.1 Å². The van der Waals surface area contributed by atoms with Crippen molar-refractivity contribution < 1.29 is 24.0 Å². The standard InChI is InChI=1S/C23H17N3O6S3/c1-31-18-11-14(7-8-17(18)32-13-15-4-2-5-16(10-15)26(29)30)12-20-22(28)25(23(33)35-20)24-21(27)19-6-3-9-34-19/h2-12H,13H2,1H3,(H,24,27)/b20-12+. The van der Waals surface area contributed by atoms with Gasteiger partial charge >= 0.3 is 0 Å². The molecule has 0 atom stereocenters. The van der Waals surface area contributed by atoms with E-state index in [0.717, 1.165) is 16.8 Å². The Bertz CT molecular complexity index is 1340. The van der Waals surface area contributed by atoms with Crippen molar-refractivity contribution in [2.24, 2.45) is 0 Å². The third kappa shape index (κ3) is 5.67. The van der Waals surface area contributed by atoms with Crippen LogP contribution in [0.2, 0.25) is 0 Å².